The van der Waals surface area contributed by atoms with Crippen molar-refractivity contribution in [2.75, 3.05) is 19.8 Å². The molecule has 1 fully saturated rings. The average Bonchev–Trinajstić information content (AvgIpc) is 3.08. The molecule has 3 N–H and O–H groups in total. The molecule has 3 rings (SSSR count). The van der Waals surface area contributed by atoms with E-state index in [0.29, 0.717) is 17.7 Å². The van der Waals surface area contributed by atoms with Crippen molar-refractivity contribution in [2.45, 2.75) is 12.8 Å². The Morgan fingerprint density at radius 2 is 2.21 bits per heavy atom. The Hall–Kier alpha value is -1.99. The third-order valence-corrected chi connectivity index (χ3v) is 3.25. The number of rotatable bonds is 4. The van der Waals surface area contributed by atoms with Crippen LogP contribution in [-0.2, 0) is 0 Å². The second-order valence-corrected chi connectivity index (χ2v) is 4.58. The second kappa shape index (κ2) is 5.33. The predicted molar refractivity (Wildman–Crippen MR) is 70.2 cm³/mol. The molecular formula is C12H16N6O. The molecule has 0 aliphatic carbocycles. The first-order chi connectivity index (χ1) is 9.33. The van der Waals surface area contributed by atoms with Gasteiger partial charge in [-0.1, -0.05) is 5.21 Å². The van der Waals surface area contributed by atoms with Gasteiger partial charge in [-0.2, -0.15) is 0 Å². The number of nitrogens with zero attached hydrogens (tertiary/aromatic N) is 3. The topological polar surface area (TPSA) is 85.9 Å². The standard InChI is InChI=1S/C12H16N6O/c19-12(13-8-14-18-5-1-2-6-18)9-3-4-10-11(7-9)16-17-15-10/h3-4,7,14H,1-2,5-6,8H2,(H,13,19)(H,15,16,17). The SMILES string of the molecule is O=C(NCNN1CCCC1)c1ccc2[nH]nnc2c1. The molecular weight excluding hydrogens is 244 g/mol. The number of carbonyl (C=O) groups excluding carboxylic acids is 1. The van der Waals surface area contributed by atoms with Crippen LogP contribution < -0.4 is 10.7 Å². The highest BCUT2D eigenvalue weighted by molar-refractivity contribution is 5.97. The molecule has 0 bridgehead atoms. The van der Waals surface area contributed by atoms with E-state index < -0.39 is 0 Å². The smallest absolute Gasteiger partial charge is 0.252 e. The van der Waals surface area contributed by atoms with Gasteiger partial charge in [-0.05, 0) is 31.0 Å². The zero-order valence-electron chi connectivity index (χ0n) is 10.5. The summed E-state index contributed by atoms with van der Waals surface area (Å²) in [7, 11) is 0. The minimum atomic E-state index is -0.114. The molecule has 1 saturated heterocycles. The quantitative estimate of drug-likeness (QED) is 0.686. The van der Waals surface area contributed by atoms with Gasteiger partial charge in [0.05, 0.1) is 12.2 Å². The Morgan fingerprint density at radius 3 is 3.05 bits per heavy atom. The van der Waals surface area contributed by atoms with E-state index in [-0.39, 0.29) is 5.91 Å². The molecule has 2 heterocycles. The van der Waals surface area contributed by atoms with E-state index in [0.717, 1.165) is 18.6 Å². The zero-order chi connectivity index (χ0) is 13.1. The number of aromatic nitrogens is 3. The molecule has 100 valence electrons. The van der Waals surface area contributed by atoms with Crippen LogP contribution in [-0.4, -0.2) is 46.1 Å². The van der Waals surface area contributed by atoms with E-state index in [4.69, 9.17) is 0 Å². The molecule has 0 atom stereocenters. The molecule has 7 nitrogen and oxygen atoms in total. The first-order valence-electron chi connectivity index (χ1n) is 6.40. The fourth-order valence-corrected chi connectivity index (χ4v) is 2.19. The van der Waals surface area contributed by atoms with E-state index in [1.807, 2.05) is 0 Å². The van der Waals surface area contributed by atoms with Gasteiger partial charge >= 0.3 is 0 Å². The summed E-state index contributed by atoms with van der Waals surface area (Å²) >= 11 is 0. The average molecular weight is 260 g/mol. The van der Waals surface area contributed by atoms with Crippen molar-refractivity contribution in [3.8, 4) is 0 Å². The lowest BCUT2D eigenvalue weighted by atomic mass is 10.2. The van der Waals surface area contributed by atoms with Gasteiger partial charge in [-0.15, -0.1) is 5.10 Å². The van der Waals surface area contributed by atoms with Crippen molar-refractivity contribution >= 4 is 16.9 Å². The van der Waals surface area contributed by atoms with Crippen LogP contribution >= 0.6 is 0 Å². The zero-order valence-corrected chi connectivity index (χ0v) is 10.5. The van der Waals surface area contributed by atoms with Gasteiger partial charge in [0.15, 0.2) is 0 Å². The van der Waals surface area contributed by atoms with Gasteiger partial charge < -0.3 is 5.32 Å². The van der Waals surface area contributed by atoms with Gasteiger partial charge in [0, 0.05) is 18.7 Å². The maximum atomic E-state index is 12.0. The number of benzene rings is 1. The first-order valence-corrected chi connectivity index (χ1v) is 6.40. The first kappa shape index (κ1) is 12.1. The van der Waals surface area contributed by atoms with E-state index in [2.05, 4.69) is 31.2 Å². The summed E-state index contributed by atoms with van der Waals surface area (Å²) in [6.07, 6.45) is 2.42. The van der Waals surface area contributed by atoms with Crippen LogP contribution in [0.15, 0.2) is 18.2 Å². The molecule has 0 radical (unpaired) electrons. The van der Waals surface area contributed by atoms with Gasteiger partial charge in [0.25, 0.3) is 5.91 Å². The van der Waals surface area contributed by atoms with Gasteiger partial charge in [0.2, 0.25) is 0 Å². The van der Waals surface area contributed by atoms with Crippen molar-refractivity contribution < 1.29 is 4.79 Å². The number of carbonyl (C=O) groups is 1. The van der Waals surface area contributed by atoms with Crippen molar-refractivity contribution in [3.63, 3.8) is 0 Å². The van der Waals surface area contributed by atoms with E-state index >= 15 is 0 Å². The van der Waals surface area contributed by atoms with E-state index in [1.54, 1.807) is 18.2 Å². The fraction of sp³-hybridized carbons (Fsp3) is 0.417. The summed E-state index contributed by atoms with van der Waals surface area (Å²) in [6.45, 7) is 2.53. The Kier molecular flexibility index (Phi) is 3.39. The summed E-state index contributed by atoms with van der Waals surface area (Å²) in [5.41, 5.74) is 5.29. The lowest BCUT2D eigenvalue weighted by Gasteiger charge is -2.16. The monoisotopic (exact) mass is 260 g/mol. The lowest BCUT2D eigenvalue weighted by Crippen LogP contribution is -2.43. The summed E-state index contributed by atoms with van der Waals surface area (Å²) in [6, 6.07) is 5.29. The van der Waals surface area contributed by atoms with Crippen LogP contribution in [0.1, 0.15) is 23.2 Å². The fourth-order valence-electron chi connectivity index (χ4n) is 2.19. The minimum absolute atomic E-state index is 0.114. The predicted octanol–water partition coefficient (Wildman–Crippen LogP) is 0.246. The highest BCUT2D eigenvalue weighted by Gasteiger charge is 2.11. The maximum Gasteiger partial charge on any atom is 0.252 e. The van der Waals surface area contributed by atoms with Gasteiger partial charge in [-0.25, -0.2) is 10.4 Å². The molecule has 1 aliphatic rings. The molecule has 0 spiro atoms. The highest BCUT2D eigenvalue weighted by atomic mass is 16.1. The van der Waals surface area contributed by atoms with Crippen LogP contribution in [0.5, 0.6) is 0 Å². The molecule has 1 amide bonds. The van der Waals surface area contributed by atoms with E-state index in [1.165, 1.54) is 12.8 Å². The summed E-state index contributed by atoms with van der Waals surface area (Å²) in [5, 5.41) is 15.3. The number of amides is 1. The van der Waals surface area contributed by atoms with Crippen molar-refractivity contribution in [1.82, 2.24) is 31.2 Å². The molecule has 0 saturated carbocycles. The molecule has 19 heavy (non-hydrogen) atoms. The Labute approximate surface area is 110 Å². The van der Waals surface area contributed by atoms with Crippen LogP contribution in [0.4, 0.5) is 0 Å². The molecule has 1 aliphatic heterocycles. The van der Waals surface area contributed by atoms with Crippen LogP contribution in [0.2, 0.25) is 0 Å². The highest BCUT2D eigenvalue weighted by Crippen LogP contribution is 2.10. The lowest BCUT2D eigenvalue weighted by molar-refractivity contribution is 0.0934. The second-order valence-electron chi connectivity index (χ2n) is 4.58. The number of hydrogen-bond donors (Lipinski definition) is 3. The Morgan fingerprint density at radius 1 is 1.37 bits per heavy atom. The molecule has 1 aromatic carbocycles. The Bertz CT molecular complexity index is 574. The Balaban J connectivity index is 1.56. The van der Waals surface area contributed by atoms with Gasteiger partial charge in [-0.3, -0.25) is 9.89 Å². The number of hydrazine groups is 1. The molecule has 0 unspecified atom stereocenters. The van der Waals surface area contributed by atoms with Crippen LogP contribution in [0, 0.1) is 0 Å². The number of aromatic amines is 1. The van der Waals surface area contributed by atoms with Crippen molar-refractivity contribution in [3.05, 3.63) is 23.8 Å². The summed E-state index contributed by atoms with van der Waals surface area (Å²) in [5.74, 6) is -0.114. The number of fused-ring (bicyclic) bond motifs is 1. The third-order valence-electron chi connectivity index (χ3n) is 3.25. The van der Waals surface area contributed by atoms with Crippen LogP contribution in [0.25, 0.3) is 11.0 Å². The summed E-state index contributed by atoms with van der Waals surface area (Å²) in [4.78, 5) is 12.0. The number of nitrogens with one attached hydrogen (secondary N) is 3. The molecule has 2 aromatic rings. The summed E-state index contributed by atoms with van der Waals surface area (Å²) < 4.78 is 0. The maximum absolute atomic E-state index is 12.0. The molecule has 7 heteroatoms. The van der Waals surface area contributed by atoms with Crippen molar-refractivity contribution in [1.29, 1.82) is 0 Å². The number of H-pyrrole nitrogens is 1. The number of hydrogen-bond acceptors (Lipinski definition) is 5. The normalized spacial score (nSPS) is 16.0. The third kappa shape index (κ3) is 2.72. The van der Waals surface area contributed by atoms with Crippen LogP contribution in [0.3, 0.4) is 0 Å². The largest absolute Gasteiger partial charge is 0.338 e. The molecule has 1 aromatic heterocycles. The van der Waals surface area contributed by atoms with Gasteiger partial charge in [0.1, 0.15) is 5.52 Å². The van der Waals surface area contributed by atoms with Crippen molar-refractivity contribution in [2.24, 2.45) is 0 Å². The van der Waals surface area contributed by atoms with E-state index in [9.17, 15) is 4.79 Å². The minimum Gasteiger partial charge on any atom is -0.338 e.